The molecular weight excluding hydrogens is 284 g/mol. The molecule has 1 fully saturated rings. The minimum atomic E-state index is -4.81. The Morgan fingerprint density at radius 3 is 1.60 bits per heavy atom. The van der Waals surface area contributed by atoms with Crippen molar-refractivity contribution in [3.05, 3.63) is 34.9 Å². The van der Waals surface area contributed by atoms with Crippen molar-refractivity contribution < 1.29 is 26.3 Å². The summed E-state index contributed by atoms with van der Waals surface area (Å²) in [5.74, 6) is 0. The van der Waals surface area contributed by atoms with E-state index in [9.17, 15) is 26.3 Å². The second-order valence-electron chi connectivity index (χ2n) is 5.13. The highest BCUT2D eigenvalue weighted by Gasteiger charge is 2.42. The molecular formula is C13H13F6N. The van der Waals surface area contributed by atoms with Gasteiger partial charge in [-0.1, -0.05) is 6.42 Å². The first-order valence-electron chi connectivity index (χ1n) is 6.08. The zero-order chi connectivity index (χ0) is 15.2. The summed E-state index contributed by atoms with van der Waals surface area (Å²) < 4.78 is 76.5. The molecule has 1 nitrogen and oxygen atoms in total. The Labute approximate surface area is 111 Å². The standard InChI is InChI=1S/C13H13F6N/c14-12(15,16)9-4-8(11(7-20)2-1-3-11)5-10(6-9)13(17,18)19/h4-6H,1-3,7,20H2. The van der Waals surface area contributed by atoms with Crippen LogP contribution in [0, 0.1) is 0 Å². The van der Waals surface area contributed by atoms with E-state index in [1.54, 1.807) is 0 Å². The molecule has 0 aliphatic heterocycles. The van der Waals surface area contributed by atoms with Crippen LogP contribution in [0.5, 0.6) is 0 Å². The number of hydrogen-bond donors (Lipinski definition) is 1. The Bertz CT molecular complexity index is 461. The van der Waals surface area contributed by atoms with Crippen LogP contribution in [0.3, 0.4) is 0 Å². The van der Waals surface area contributed by atoms with Gasteiger partial charge < -0.3 is 5.73 Å². The minimum Gasteiger partial charge on any atom is -0.330 e. The summed E-state index contributed by atoms with van der Waals surface area (Å²) in [4.78, 5) is 0. The fraction of sp³-hybridized carbons (Fsp3) is 0.538. The Morgan fingerprint density at radius 2 is 1.35 bits per heavy atom. The lowest BCUT2D eigenvalue weighted by atomic mass is 9.64. The van der Waals surface area contributed by atoms with Gasteiger partial charge in [0.1, 0.15) is 0 Å². The summed E-state index contributed by atoms with van der Waals surface area (Å²) >= 11 is 0. The average Bonchev–Trinajstić information content (AvgIpc) is 2.25. The van der Waals surface area contributed by atoms with Gasteiger partial charge in [-0.15, -0.1) is 0 Å². The van der Waals surface area contributed by atoms with Crippen molar-refractivity contribution in [2.75, 3.05) is 6.54 Å². The summed E-state index contributed by atoms with van der Waals surface area (Å²) in [6, 6.07) is 1.73. The molecule has 1 aromatic rings. The van der Waals surface area contributed by atoms with E-state index in [0.29, 0.717) is 12.8 Å². The number of alkyl halides is 6. The van der Waals surface area contributed by atoms with Gasteiger partial charge in [0, 0.05) is 12.0 Å². The Kier molecular flexibility index (Phi) is 3.52. The van der Waals surface area contributed by atoms with Crippen molar-refractivity contribution in [2.45, 2.75) is 37.0 Å². The largest absolute Gasteiger partial charge is 0.416 e. The van der Waals surface area contributed by atoms with Gasteiger partial charge in [0.05, 0.1) is 11.1 Å². The van der Waals surface area contributed by atoms with Crippen LogP contribution in [0.4, 0.5) is 26.3 Å². The fourth-order valence-corrected chi connectivity index (χ4v) is 2.48. The van der Waals surface area contributed by atoms with E-state index < -0.39 is 28.9 Å². The predicted octanol–water partition coefficient (Wildman–Crippen LogP) is 4.10. The second kappa shape index (κ2) is 4.65. The maximum absolute atomic E-state index is 12.8. The monoisotopic (exact) mass is 297 g/mol. The van der Waals surface area contributed by atoms with Crippen LogP contribution in [-0.4, -0.2) is 6.54 Å². The van der Waals surface area contributed by atoms with E-state index >= 15 is 0 Å². The lowest BCUT2D eigenvalue weighted by Crippen LogP contribution is -2.41. The van der Waals surface area contributed by atoms with Crippen molar-refractivity contribution in [1.82, 2.24) is 0 Å². The molecule has 0 saturated heterocycles. The van der Waals surface area contributed by atoms with E-state index in [-0.39, 0.29) is 18.2 Å². The van der Waals surface area contributed by atoms with Crippen LogP contribution >= 0.6 is 0 Å². The normalized spacial score (nSPS) is 18.8. The molecule has 0 heterocycles. The predicted molar refractivity (Wildman–Crippen MR) is 61.0 cm³/mol. The van der Waals surface area contributed by atoms with E-state index in [1.165, 1.54) is 0 Å². The Balaban J connectivity index is 2.57. The van der Waals surface area contributed by atoms with Crippen LogP contribution in [0.1, 0.15) is 36.0 Å². The molecule has 1 aliphatic carbocycles. The average molecular weight is 297 g/mol. The molecule has 0 amide bonds. The van der Waals surface area contributed by atoms with Gasteiger partial charge in [0.2, 0.25) is 0 Å². The van der Waals surface area contributed by atoms with E-state index in [2.05, 4.69) is 0 Å². The molecule has 1 aromatic carbocycles. The molecule has 20 heavy (non-hydrogen) atoms. The quantitative estimate of drug-likeness (QED) is 0.817. The van der Waals surface area contributed by atoms with Crippen LogP contribution < -0.4 is 5.73 Å². The van der Waals surface area contributed by atoms with Crippen molar-refractivity contribution in [1.29, 1.82) is 0 Å². The number of rotatable bonds is 2. The summed E-state index contributed by atoms with van der Waals surface area (Å²) in [6.07, 6.45) is -7.83. The molecule has 2 rings (SSSR count). The SMILES string of the molecule is NCC1(c2cc(C(F)(F)F)cc(C(F)(F)F)c2)CCC1. The minimum absolute atomic E-state index is 0.0356. The summed E-state index contributed by atoms with van der Waals surface area (Å²) in [5.41, 5.74) is 2.29. The van der Waals surface area contributed by atoms with Crippen LogP contribution in [-0.2, 0) is 17.8 Å². The zero-order valence-corrected chi connectivity index (χ0v) is 10.4. The van der Waals surface area contributed by atoms with Gasteiger partial charge in [-0.2, -0.15) is 26.3 Å². The van der Waals surface area contributed by atoms with Crippen molar-refractivity contribution in [3.8, 4) is 0 Å². The molecule has 2 N–H and O–H groups in total. The number of benzene rings is 1. The van der Waals surface area contributed by atoms with Gasteiger partial charge >= 0.3 is 12.4 Å². The van der Waals surface area contributed by atoms with E-state index in [0.717, 1.165) is 18.6 Å². The molecule has 1 saturated carbocycles. The lowest BCUT2D eigenvalue weighted by molar-refractivity contribution is -0.143. The molecule has 0 bridgehead atoms. The van der Waals surface area contributed by atoms with Crippen LogP contribution in [0.2, 0.25) is 0 Å². The first kappa shape index (κ1) is 15.2. The number of nitrogens with two attached hydrogens (primary N) is 1. The molecule has 0 unspecified atom stereocenters. The summed E-state index contributed by atoms with van der Waals surface area (Å²) in [6.45, 7) is 0.0472. The molecule has 0 atom stereocenters. The molecule has 0 radical (unpaired) electrons. The third-order valence-corrected chi connectivity index (χ3v) is 3.90. The molecule has 1 aliphatic rings. The highest BCUT2D eigenvalue weighted by Crippen LogP contribution is 2.46. The molecule has 112 valence electrons. The van der Waals surface area contributed by atoms with E-state index in [1.807, 2.05) is 0 Å². The highest BCUT2D eigenvalue weighted by atomic mass is 19.4. The summed E-state index contributed by atoms with van der Waals surface area (Å²) in [7, 11) is 0. The Hall–Kier alpha value is -1.24. The Morgan fingerprint density at radius 1 is 0.900 bits per heavy atom. The summed E-state index contributed by atoms with van der Waals surface area (Å²) in [5, 5.41) is 0. The smallest absolute Gasteiger partial charge is 0.330 e. The highest BCUT2D eigenvalue weighted by molar-refractivity contribution is 5.39. The number of hydrogen-bond acceptors (Lipinski definition) is 1. The van der Waals surface area contributed by atoms with E-state index in [4.69, 9.17) is 5.73 Å². The molecule has 0 spiro atoms. The van der Waals surface area contributed by atoms with Crippen molar-refractivity contribution in [2.24, 2.45) is 5.73 Å². The van der Waals surface area contributed by atoms with Gasteiger partial charge in [0.25, 0.3) is 0 Å². The fourth-order valence-electron chi connectivity index (χ4n) is 2.48. The van der Waals surface area contributed by atoms with Crippen molar-refractivity contribution >= 4 is 0 Å². The van der Waals surface area contributed by atoms with Gasteiger partial charge in [-0.3, -0.25) is 0 Å². The zero-order valence-electron chi connectivity index (χ0n) is 10.4. The number of halogens is 6. The van der Waals surface area contributed by atoms with Crippen molar-refractivity contribution in [3.63, 3.8) is 0 Å². The second-order valence-corrected chi connectivity index (χ2v) is 5.13. The third kappa shape index (κ3) is 2.63. The molecule has 0 aromatic heterocycles. The third-order valence-electron chi connectivity index (χ3n) is 3.90. The lowest BCUT2D eigenvalue weighted by Gasteiger charge is -2.42. The molecule has 7 heteroatoms. The van der Waals surface area contributed by atoms with Gasteiger partial charge in [0.15, 0.2) is 0 Å². The van der Waals surface area contributed by atoms with Crippen LogP contribution in [0.15, 0.2) is 18.2 Å². The topological polar surface area (TPSA) is 26.0 Å². The first-order valence-corrected chi connectivity index (χ1v) is 6.08. The van der Waals surface area contributed by atoms with Gasteiger partial charge in [-0.25, -0.2) is 0 Å². The maximum atomic E-state index is 12.8. The maximum Gasteiger partial charge on any atom is 0.416 e. The van der Waals surface area contributed by atoms with Gasteiger partial charge in [-0.05, 0) is 36.6 Å². The van der Waals surface area contributed by atoms with Crippen LogP contribution in [0.25, 0.3) is 0 Å². The first-order chi connectivity index (χ1) is 9.08.